The average Bonchev–Trinajstić information content (AvgIpc) is 3.32. The first-order valence-electron chi connectivity index (χ1n) is 11.1. The Hall–Kier alpha value is -4.18. The summed E-state index contributed by atoms with van der Waals surface area (Å²) in [5.74, 6) is -0.407. The number of fused-ring (bicyclic) bond motifs is 1. The highest BCUT2D eigenvalue weighted by Gasteiger charge is 2.25. The van der Waals surface area contributed by atoms with Crippen LogP contribution in [-0.2, 0) is 17.7 Å². The molecule has 0 fully saturated rings. The number of hydrogen-bond donors (Lipinski definition) is 3. The largest absolute Gasteiger partial charge is 0.444 e. The molecule has 10 heteroatoms. The molecule has 3 aromatic rings. The van der Waals surface area contributed by atoms with E-state index in [1.54, 1.807) is 79.7 Å². The van der Waals surface area contributed by atoms with Crippen LogP contribution in [0.1, 0.15) is 52.7 Å². The summed E-state index contributed by atoms with van der Waals surface area (Å²) in [5, 5.41) is 15.4. The Morgan fingerprint density at radius 2 is 1.80 bits per heavy atom. The molecule has 182 valence electrons. The minimum absolute atomic E-state index is 0.190. The van der Waals surface area contributed by atoms with Gasteiger partial charge in [-0.3, -0.25) is 20.1 Å². The first kappa shape index (κ1) is 24.0. The van der Waals surface area contributed by atoms with Gasteiger partial charge in [0, 0.05) is 36.0 Å². The normalized spacial score (nSPS) is 13.1. The Morgan fingerprint density at radius 3 is 2.49 bits per heavy atom. The van der Waals surface area contributed by atoms with E-state index in [0.29, 0.717) is 42.1 Å². The van der Waals surface area contributed by atoms with Gasteiger partial charge in [0.1, 0.15) is 5.60 Å². The molecule has 1 aliphatic rings. The SMILES string of the molecule is CC(C)(C)OC(=O)Nc1ccc(-c2cc(C(=O)N3CCc4cc(C(=O)NO)ccc4C3)no2)cc1. The Labute approximate surface area is 201 Å². The van der Waals surface area contributed by atoms with Gasteiger partial charge in [0.2, 0.25) is 0 Å². The maximum absolute atomic E-state index is 13.0. The van der Waals surface area contributed by atoms with Gasteiger partial charge in [-0.25, -0.2) is 10.3 Å². The zero-order valence-corrected chi connectivity index (χ0v) is 19.6. The second-order valence-electron chi connectivity index (χ2n) is 9.18. The van der Waals surface area contributed by atoms with E-state index in [1.807, 2.05) is 0 Å². The molecule has 0 atom stereocenters. The van der Waals surface area contributed by atoms with Crippen LogP contribution in [0.2, 0.25) is 0 Å². The van der Waals surface area contributed by atoms with Crippen molar-refractivity contribution in [2.24, 2.45) is 0 Å². The molecule has 0 aliphatic carbocycles. The molecule has 0 spiro atoms. The molecule has 0 radical (unpaired) electrons. The molecule has 4 rings (SSSR count). The highest BCUT2D eigenvalue weighted by Crippen LogP contribution is 2.25. The minimum atomic E-state index is -0.595. The fourth-order valence-corrected chi connectivity index (χ4v) is 3.75. The number of carbonyl (C=O) groups excluding carboxylic acids is 3. The van der Waals surface area contributed by atoms with Crippen LogP contribution in [-0.4, -0.2) is 45.3 Å². The number of nitrogens with one attached hydrogen (secondary N) is 2. The quantitative estimate of drug-likeness (QED) is 0.381. The summed E-state index contributed by atoms with van der Waals surface area (Å²) in [5.41, 5.74) is 4.72. The van der Waals surface area contributed by atoms with E-state index in [2.05, 4.69) is 10.5 Å². The van der Waals surface area contributed by atoms with Crippen LogP contribution in [0.5, 0.6) is 0 Å². The second kappa shape index (κ2) is 9.59. The highest BCUT2D eigenvalue weighted by atomic mass is 16.6. The molecule has 1 aliphatic heterocycles. The lowest BCUT2D eigenvalue weighted by Crippen LogP contribution is -2.36. The predicted molar refractivity (Wildman–Crippen MR) is 126 cm³/mol. The third-order valence-electron chi connectivity index (χ3n) is 5.41. The number of ether oxygens (including phenoxy) is 1. The number of hydrogen-bond acceptors (Lipinski definition) is 7. The third-order valence-corrected chi connectivity index (χ3v) is 5.41. The second-order valence-corrected chi connectivity index (χ2v) is 9.18. The molecule has 2 heterocycles. The topological polar surface area (TPSA) is 134 Å². The van der Waals surface area contributed by atoms with Crippen LogP contribution in [0.4, 0.5) is 10.5 Å². The Morgan fingerprint density at radius 1 is 1.06 bits per heavy atom. The van der Waals surface area contributed by atoms with E-state index < -0.39 is 17.6 Å². The number of carbonyl (C=O) groups is 3. The maximum Gasteiger partial charge on any atom is 0.412 e. The van der Waals surface area contributed by atoms with Gasteiger partial charge in [-0.15, -0.1) is 0 Å². The molecule has 1 aromatic heterocycles. The van der Waals surface area contributed by atoms with Crippen LogP contribution < -0.4 is 10.8 Å². The number of anilines is 1. The van der Waals surface area contributed by atoms with Crippen molar-refractivity contribution in [2.75, 3.05) is 11.9 Å². The number of hydroxylamine groups is 1. The molecule has 0 saturated heterocycles. The van der Waals surface area contributed by atoms with Gasteiger partial charge in [0.15, 0.2) is 11.5 Å². The van der Waals surface area contributed by atoms with Crippen LogP contribution in [0.25, 0.3) is 11.3 Å². The summed E-state index contributed by atoms with van der Waals surface area (Å²) in [7, 11) is 0. The van der Waals surface area contributed by atoms with Crippen molar-refractivity contribution in [3.63, 3.8) is 0 Å². The van der Waals surface area contributed by atoms with Crippen molar-refractivity contribution in [1.29, 1.82) is 0 Å². The molecular weight excluding hydrogens is 452 g/mol. The van der Waals surface area contributed by atoms with Crippen LogP contribution in [0, 0.1) is 0 Å². The van der Waals surface area contributed by atoms with E-state index in [9.17, 15) is 14.4 Å². The van der Waals surface area contributed by atoms with Gasteiger partial charge in [0.05, 0.1) is 0 Å². The number of rotatable bonds is 4. The Bertz CT molecular complexity index is 1260. The maximum atomic E-state index is 13.0. The summed E-state index contributed by atoms with van der Waals surface area (Å²) < 4.78 is 10.6. The first-order valence-corrected chi connectivity index (χ1v) is 11.1. The lowest BCUT2D eigenvalue weighted by molar-refractivity contribution is 0.0634. The monoisotopic (exact) mass is 478 g/mol. The van der Waals surface area contributed by atoms with Gasteiger partial charge in [-0.2, -0.15) is 0 Å². The van der Waals surface area contributed by atoms with Crippen molar-refractivity contribution in [2.45, 2.75) is 39.3 Å². The summed E-state index contributed by atoms with van der Waals surface area (Å²) in [6.07, 6.45) is 0.0264. The fraction of sp³-hybridized carbons (Fsp3) is 0.280. The van der Waals surface area contributed by atoms with Gasteiger partial charge >= 0.3 is 6.09 Å². The van der Waals surface area contributed by atoms with Crippen molar-refractivity contribution in [3.05, 3.63) is 70.9 Å². The average molecular weight is 479 g/mol. The summed E-state index contributed by atoms with van der Waals surface area (Å²) in [4.78, 5) is 38.2. The lowest BCUT2D eigenvalue weighted by Gasteiger charge is -2.28. The third kappa shape index (κ3) is 5.67. The van der Waals surface area contributed by atoms with E-state index in [-0.39, 0.29) is 11.6 Å². The zero-order chi connectivity index (χ0) is 25.2. The molecule has 3 N–H and O–H groups in total. The highest BCUT2D eigenvalue weighted by molar-refractivity contribution is 5.94. The van der Waals surface area contributed by atoms with Crippen LogP contribution >= 0.6 is 0 Å². The number of nitrogens with zero attached hydrogens (tertiary/aromatic N) is 2. The van der Waals surface area contributed by atoms with Gasteiger partial charge in [0.25, 0.3) is 11.8 Å². The van der Waals surface area contributed by atoms with Crippen LogP contribution in [0.3, 0.4) is 0 Å². The molecule has 0 unspecified atom stereocenters. The minimum Gasteiger partial charge on any atom is -0.444 e. The number of amides is 3. The molecule has 10 nitrogen and oxygen atoms in total. The van der Waals surface area contributed by atoms with Gasteiger partial charge in [-0.1, -0.05) is 11.2 Å². The molecule has 0 saturated carbocycles. The lowest BCUT2D eigenvalue weighted by atomic mass is 9.97. The van der Waals surface area contributed by atoms with Crippen molar-refractivity contribution >= 4 is 23.6 Å². The van der Waals surface area contributed by atoms with Crippen molar-refractivity contribution < 1.29 is 28.9 Å². The predicted octanol–water partition coefficient (Wildman–Crippen LogP) is 4.01. The fourth-order valence-electron chi connectivity index (χ4n) is 3.75. The van der Waals surface area contributed by atoms with Crippen molar-refractivity contribution in [1.82, 2.24) is 15.5 Å². The molecule has 2 aromatic carbocycles. The smallest absolute Gasteiger partial charge is 0.412 e. The molecule has 35 heavy (non-hydrogen) atoms. The summed E-state index contributed by atoms with van der Waals surface area (Å²) >= 11 is 0. The Balaban J connectivity index is 1.41. The Kier molecular flexibility index (Phi) is 6.57. The summed E-state index contributed by atoms with van der Waals surface area (Å²) in [6, 6.07) is 13.6. The van der Waals surface area contributed by atoms with Gasteiger partial charge in [-0.05, 0) is 74.7 Å². The zero-order valence-electron chi connectivity index (χ0n) is 19.6. The first-order chi connectivity index (χ1) is 16.6. The summed E-state index contributed by atoms with van der Waals surface area (Å²) in [6.45, 7) is 6.20. The van der Waals surface area contributed by atoms with E-state index in [1.165, 1.54) is 0 Å². The van der Waals surface area contributed by atoms with E-state index in [0.717, 1.165) is 11.1 Å². The standard InChI is InChI=1S/C25H26N4O6/c1-25(2,3)34-24(32)26-19-8-6-15(7-9-19)21-13-20(28-35-21)23(31)29-11-10-16-12-17(22(30)27-33)4-5-18(16)14-29/h4-9,12-13,33H,10-11,14H2,1-3H3,(H,26,32)(H,27,30). The van der Waals surface area contributed by atoms with Crippen LogP contribution in [0.15, 0.2) is 53.1 Å². The molecule has 0 bridgehead atoms. The molecular formula is C25H26N4O6. The van der Waals surface area contributed by atoms with E-state index in [4.69, 9.17) is 14.5 Å². The molecule has 3 amide bonds. The number of benzene rings is 2. The number of aromatic nitrogens is 1. The van der Waals surface area contributed by atoms with Gasteiger partial charge < -0.3 is 14.2 Å². The van der Waals surface area contributed by atoms with Crippen molar-refractivity contribution in [3.8, 4) is 11.3 Å². The van der Waals surface area contributed by atoms with E-state index >= 15 is 0 Å².